The Morgan fingerprint density at radius 3 is 2.84 bits per heavy atom. The second-order valence-corrected chi connectivity index (χ2v) is 6.50. The lowest BCUT2D eigenvalue weighted by Crippen LogP contribution is -2.46. The van der Waals surface area contributed by atoms with Crippen molar-refractivity contribution in [3.63, 3.8) is 0 Å². The average Bonchev–Trinajstić information content (AvgIpc) is 2.79. The first-order chi connectivity index (χ1) is 9.19. The average molecular weight is 300 g/mol. The number of hydrogen-bond donors (Lipinski definition) is 1. The molecule has 2 fully saturated rings. The van der Waals surface area contributed by atoms with Crippen LogP contribution in [0.3, 0.4) is 0 Å². The smallest absolute Gasteiger partial charge is 0.0595 e. The van der Waals surface area contributed by atoms with Crippen LogP contribution in [0, 0.1) is 5.92 Å². The molecule has 2 aliphatic heterocycles. The molecule has 2 saturated heterocycles. The molecule has 1 N–H and O–H groups in total. The van der Waals surface area contributed by atoms with Gasteiger partial charge in [-0.1, -0.05) is 29.3 Å². The standard InChI is InChI=1S/C15H19Cl2NO/c1-19-8-12-11(7-10-3-5-15(12)18-10)9-2-4-13(16)14(17)6-9/h2,4,6,10-12,15,18H,3,5,7-8H2,1H3/t10?,11-,12-,15?/m1/s1. The van der Waals surface area contributed by atoms with E-state index in [4.69, 9.17) is 27.9 Å². The first-order valence-electron chi connectivity index (χ1n) is 6.89. The zero-order chi connectivity index (χ0) is 13.4. The van der Waals surface area contributed by atoms with Crippen molar-refractivity contribution in [2.24, 2.45) is 5.92 Å². The molecule has 104 valence electrons. The van der Waals surface area contributed by atoms with Crippen LogP contribution >= 0.6 is 23.2 Å². The molecule has 0 spiro atoms. The Morgan fingerprint density at radius 2 is 2.11 bits per heavy atom. The molecular formula is C15H19Cl2NO. The Kier molecular flexibility index (Phi) is 4.04. The summed E-state index contributed by atoms with van der Waals surface area (Å²) in [4.78, 5) is 0. The predicted molar refractivity (Wildman–Crippen MR) is 79.1 cm³/mol. The second-order valence-electron chi connectivity index (χ2n) is 5.68. The number of rotatable bonds is 3. The third-order valence-corrected chi connectivity index (χ3v) is 5.32. The van der Waals surface area contributed by atoms with Crippen LogP contribution in [-0.2, 0) is 4.74 Å². The highest BCUT2D eigenvalue weighted by atomic mass is 35.5. The minimum absolute atomic E-state index is 0.522. The summed E-state index contributed by atoms with van der Waals surface area (Å²) >= 11 is 12.2. The van der Waals surface area contributed by atoms with Gasteiger partial charge in [0.25, 0.3) is 0 Å². The van der Waals surface area contributed by atoms with E-state index >= 15 is 0 Å². The second kappa shape index (κ2) is 5.61. The fourth-order valence-electron chi connectivity index (χ4n) is 3.69. The highest BCUT2D eigenvalue weighted by Crippen LogP contribution is 2.42. The van der Waals surface area contributed by atoms with Crippen molar-refractivity contribution < 1.29 is 4.74 Å². The minimum Gasteiger partial charge on any atom is -0.384 e. The van der Waals surface area contributed by atoms with Crippen LogP contribution in [0.5, 0.6) is 0 Å². The number of piperidine rings is 1. The molecule has 0 aliphatic carbocycles. The van der Waals surface area contributed by atoms with E-state index in [1.54, 1.807) is 7.11 Å². The van der Waals surface area contributed by atoms with Crippen LogP contribution in [-0.4, -0.2) is 25.8 Å². The maximum Gasteiger partial charge on any atom is 0.0595 e. The van der Waals surface area contributed by atoms with E-state index in [-0.39, 0.29) is 0 Å². The van der Waals surface area contributed by atoms with Crippen molar-refractivity contribution in [2.75, 3.05) is 13.7 Å². The first-order valence-corrected chi connectivity index (χ1v) is 7.64. The van der Waals surface area contributed by atoms with Gasteiger partial charge < -0.3 is 10.1 Å². The van der Waals surface area contributed by atoms with Gasteiger partial charge >= 0.3 is 0 Å². The zero-order valence-electron chi connectivity index (χ0n) is 11.0. The molecule has 2 bridgehead atoms. The van der Waals surface area contributed by atoms with Crippen molar-refractivity contribution in [1.82, 2.24) is 5.32 Å². The molecule has 1 aromatic rings. The topological polar surface area (TPSA) is 21.3 Å². The molecule has 0 saturated carbocycles. The lowest BCUT2D eigenvalue weighted by molar-refractivity contribution is 0.101. The zero-order valence-corrected chi connectivity index (χ0v) is 12.5. The number of hydrogen-bond acceptors (Lipinski definition) is 2. The van der Waals surface area contributed by atoms with Crippen LogP contribution in [0.4, 0.5) is 0 Å². The van der Waals surface area contributed by atoms with E-state index in [0.29, 0.717) is 34.0 Å². The lowest BCUT2D eigenvalue weighted by Gasteiger charge is -2.37. The molecule has 0 radical (unpaired) electrons. The number of benzene rings is 1. The Labute approximate surface area is 124 Å². The van der Waals surface area contributed by atoms with E-state index < -0.39 is 0 Å². The number of ether oxygens (including phenoxy) is 1. The Bertz CT molecular complexity index is 465. The van der Waals surface area contributed by atoms with Gasteiger partial charge in [0.05, 0.1) is 16.7 Å². The largest absolute Gasteiger partial charge is 0.384 e. The summed E-state index contributed by atoms with van der Waals surface area (Å²) in [5.41, 5.74) is 1.30. The lowest BCUT2D eigenvalue weighted by atomic mass is 9.77. The number of methoxy groups -OCH3 is 1. The third kappa shape index (κ3) is 2.64. The Balaban J connectivity index is 1.89. The Morgan fingerprint density at radius 1 is 1.26 bits per heavy atom. The summed E-state index contributed by atoms with van der Waals surface area (Å²) in [5.74, 6) is 1.05. The molecule has 19 heavy (non-hydrogen) atoms. The fraction of sp³-hybridized carbons (Fsp3) is 0.600. The monoisotopic (exact) mass is 299 g/mol. The summed E-state index contributed by atoms with van der Waals surface area (Å²) in [6, 6.07) is 7.29. The van der Waals surface area contributed by atoms with Crippen LogP contribution in [0.15, 0.2) is 18.2 Å². The van der Waals surface area contributed by atoms with Crippen molar-refractivity contribution in [2.45, 2.75) is 37.3 Å². The SMILES string of the molecule is COC[C@H]1C2CCC(C[C@@H]1c1ccc(Cl)c(Cl)c1)N2. The molecule has 2 unspecified atom stereocenters. The van der Waals surface area contributed by atoms with E-state index in [9.17, 15) is 0 Å². The van der Waals surface area contributed by atoms with Gasteiger partial charge in [-0.05, 0) is 42.9 Å². The van der Waals surface area contributed by atoms with Crippen molar-refractivity contribution in [3.8, 4) is 0 Å². The summed E-state index contributed by atoms with van der Waals surface area (Å²) < 4.78 is 5.44. The highest BCUT2D eigenvalue weighted by molar-refractivity contribution is 6.42. The van der Waals surface area contributed by atoms with Crippen LogP contribution < -0.4 is 5.32 Å². The maximum atomic E-state index is 6.17. The minimum atomic E-state index is 0.522. The normalized spacial score (nSPS) is 33.6. The molecule has 1 aromatic carbocycles. The van der Waals surface area contributed by atoms with Gasteiger partial charge in [-0.25, -0.2) is 0 Å². The summed E-state index contributed by atoms with van der Waals surface area (Å²) in [6.45, 7) is 0.801. The molecule has 0 aromatic heterocycles. The van der Waals surface area contributed by atoms with Crippen molar-refractivity contribution >= 4 is 23.2 Å². The molecule has 3 rings (SSSR count). The molecular weight excluding hydrogens is 281 g/mol. The highest BCUT2D eigenvalue weighted by Gasteiger charge is 2.41. The fourth-order valence-corrected chi connectivity index (χ4v) is 3.99. The van der Waals surface area contributed by atoms with Crippen molar-refractivity contribution in [1.29, 1.82) is 0 Å². The van der Waals surface area contributed by atoms with Crippen LogP contribution in [0.25, 0.3) is 0 Å². The van der Waals surface area contributed by atoms with Crippen molar-refractivity contribution in [3.05, 3.63) is 33.8 Å². The molecule has 2 nitrogen and oxygen atoms in total. The van der Waals surface area contributed by atoms with Gasteiger partial charge in [0, 0.05) is 25.1 Å². The molecule has 4 heteroatoms. The first kappa shape index (κ1) is 13.7. The Hall–Kier alpha value is -0.280. The summed E-state index contributed by atoms with van der Waals surface area (Å²) in [7, 11) is 1.78. The van der Waals surface area contributed by atoms with E-state index in [1.165, 1.54) is 24.8 Å². The number of nitrogens with one attached hydrogen (secondary N) is 1. The van der Waals surface area contributed by atoms with E-state index in [1.807, 2.05) is 12.1 Å². The predicted octanol–water partition coefficient (Wildman–Crippen LogP) is 3.86. The third-order valence-electron chi connectivity index (χ3n) is 4.58. The number of halogens is 2. The summed E-state index contributed by atoms with van der Waals surface area (Å²) in [5, 5.41) is 5.00. The van der Waals surface area contributed by atoms with E-state index in [0.717, 1.165) is 6.61 Å². The molecule has 4 atom stereocenters. The summed E-state index contributed by atoms with van der Waals surface area (Å²) in [6.07, 6.45) is 3.71. The van der Waals surface area contributed by atoms with Gasteiger partial charge in [-0.3, -0.25) is 0 Å². The van der Waals surface area contributed by atoms with Crippen LogP contribution in [0.2, 0.25) is 10.0 Å². The number of fused-ring (bicyclic) bond motifs is 2. The van der Waals surface area contributed by atoms with Gasteiger partial charge in [0.2, 0.25) is 0 Å². The molecule has 2 heterocycles. The maximum absolute atomic E-state index is 6.17. The van der Waals surface area contributed by atoms with Gasteiger partial charge in [0.15, 0.2) is 0 Å². The van der Waals surface area contributed by atoms with Gasteiger partial charge in [-0.15, -0.1) is 0 Å². The quantitative estimate of drug-likeness (QED) is 0.915. The van der Waals surface area contributed by atoms with Gasteiger partial charge in [0.1, 0.15) is 0 Å². The van der Waals surface area contributed by atoms with E-state index in [2.05, 4.69) is 11.4 Å². The van der Waals surface area contributed by atoms with Gasteiger partial charge in [-0.2, -0.15) is 0 Å². The molecule has 2 aliphatic rings. The van der Waals surface area contributed by atoms with Crippen LogP contribution in [0.1, 0.15) is 30.7 Å². The molecule has 0 amide bonds.